The topological polar surface area (TPSA) is 0 Å². The molecule has 1 aromatic carbocycles. The lowest BCUT2D eigenvalue weighted by atomic mass is 9.85. The van der Waals surface area contributed by atoms with Gasteiger partial charge in [0, 0.05) is 5.92 Å². The maximum atomic E-state index is 2.25. The molecule has 2 rings (SSSR count). The van der Waals surface area contributed by atoms with Gasteiger partial charge in [0.15, 0.2) is 0 Å². The van der Waals surface area contributed by atoms with Crippen molar-refractivity contribution in [2.45, 2.75) is 32.1 Å². The molecule has 0 saturated carbocycles. The summed E-state index contributed by atoms with van der Waals surface area (Å²) in [7, 11) is 0. The van der Waals surface area contributed by atoms with Gasteiger partial charge in [0.1, 0.15) is 0 Å². The molecule has 0 heterocycles. The number of benzene rings is 1. The number of hydrogen-bond donors (Lipinski definition) is 0. The fourth-order valence-electron chi connectivity index (χ4n) is 1.99. The van der Waals surface area contributed by atoms with Crippen molar-refractivity contribution in [3.63, 3.8) is 0 Å². The van der Waals surface area contributed by atoms with Gasteiger partial charge in [-0.15, -0.1) is 0 Å². The molecule has 17 heavy (non-hydrogen) atoms. The Hall–Kier alpha value is -1.56. The predicted molar refractivity (Wildman–Crippen MR) is 75.3 cm³/mol. The van der Waals surface area contributed by atoms with Crippen LogP contribution in [-0.2, 0) is 5.41 Å². The van der Waals surface area contributed by atoms with Gasteiger partial charge < -0.3 is 0 Å². The third kappa shape index (κ3) is 2.97. The van der Waals surface area contributed by atoms with Crippen molar-refractivity contribution in [3.8, 4) is 0 Å². The summed E-state index contributed by atoms with van der Waals surface area (Å²) in [5.41, 5.74) is 2.98. The normalized spacial score (nSPS) is 16.2. The Morgan fingerprint density at radius 2 is 1.29 bits per heavy atom. The van der Waals surface area contributed by atoms with Crippen molar-refractivity contribution >= 4 is 0 Å². The highest BCUT2D eigenvalue weighted by Crippen LogP contribution is 2.26. The first-order valence-corrected chi connectivity index (χ1v) is 6.19. The van der Waals surface area contributed by atoms with Gasteiger partial charge >= 0.3 is 0 Å². The summed E-state index contributed by atoms with van der Waals surface area (Å²) >= 11 is 0. The fraction of sp³-hybridized carbons (Fsp3) is 0.294. The molecular weight excluding hydrogens is 204 g/mol. The number of rotatable bonds is 1. The van der Waals surface area contributed by atoms with Gasteiger partial charge in [-0.3, -0.25) is 0 Å². The van der Waals surface area contributed by atoms with E-state index >= 15 is 0 Å². The Balaban J connectivity index is 2.24. The molecule has 0 aromatic heterocycles. The first-order valence-electron chi connectivity index (χ1n) is 6.19. The molecule has 0 heteroatoms. The van der Waals surface area contributed by atoms with Crippen molar-refractivity contribution in [2.24, 2.45) is 0 Å². The second-order valence-corrected chi connectivity index (χ2v) is 5.55. The van der Waals surface area contributed by atoms with Gasteiger partial charge in [0.05, 0.1) is 0 Å². The molecule has 0 bridgehead atoms. The van der Waals surface area contributed by atoms with E-state index in [2.05, 4.69) is 81.5 Å². The minimum Gasteiger partial charge on any atom is -0.0732 e. The van der Waals surface area contributed by atoms with Crippen LogP contribution < -0.4 is 0 Å². The Bertz CT molecular complexity index is 434. The van der Waals surface area contributed by atoms with E-state index in [-0.39, 0.29) is 5.41 Å². The molecule has 0 spiro atoms. The first kappa shape index (κ1) is 11.9. The van der Waals surface area contributed by atoms with Crippen LogP contribution in [0, 0.1) is 0 Å². The molecule has 88 valence electrons. The van der Waals surface area contributed by atoms with E-state index in [0.717, 1.165) is 0 Å². The second-order valence-electron chi connectivity index (χ2n) is 5.55. The lowest BCUT2D eigenvalue weighted by Gasteiger charge is -2.19. The van der Waals surface area contributed by atoms with E-state index in [1.54, 1.807) is 0 Å². The van der Waals surface area contributed by atoms with E-state index in [9.17, 15) is 0 Å². The number of hydrogen-bond acceptors (Lipinski definition) is 0. The maximum absolute atomic E-state index is 2.25. The molecule has 0 unspecified atom stereocenters. The lowest BCUT2D eigenvalue weighted by molar-refractivity contribution is 0.590. The summed E-state index contributed by atoms with van der Waals surface area (Å²) in [5.74, 6) is 0.402. The summed E-state index contributed by atoms with van der Waals surface area (Å²) < 4.78 is 0. The molecule has 0 atom stereocenters. The summed E-state index contributed by atoms with van der Waals surface area (Å²) in [6, 6.07) is 8.97. The summed E-state index contributed by atoms with van der Waals surface area (Å²) in [5, 5.41) is 0. The molecular formula is C17H20. The third-order valence-electron chi connectivity index (χ3n) is 3.13. The van der Waals surface area contributed by atoms with Crippen molar-refractivity contribution in [2.75, 3.05) is 0 Å². The highest BCUT2D eigenvalue weighted by molar-refractivity contribution is 5.36. The Morgan fingerprint density at radius 1 is 0.765 bits per heavy atom. The average molecular weight is 224 g/mol. The van der Waals surface area contributed by atoms with E-state index in [1.165, 1.54) is 11.1 Å². The van der Waals surface area contributed by atoms with Gasteiger partial charge in [0.2, 0.25) is 0 Å². The lowest BCUT2D eigenvalue weighted by Crippen LogP contribution is -2.10. The van der Waals surface area contributed by atoms with Crippen LogP contribution in [0.3, 0.4) is 0 Å². The molecule has 0 nitrogen and oxygen atoms in total. The highest BCUT2D eigenvalue weighted by atomic mass is 14.2. The van der Waals surface area contributed by atoms with Gasteiger partial charge in [-0.2, -0.15) is 0 Å². The molecule has 0 radical (unpaired) electrons. The Morgan fingerprint density at radius 3 is 1.76 bits per heavy atom. The number of allylic oxidation sites excluding steroid dienone is 6. The van der Waals surface area contributed by atoms with E-state index < -0.39 is 0 Å². The molecule has 0 N–H and O–H groups in total. The summed E-state index contributed by atoms with van der Waals surface area (Å²) in [6.07, 6.45) is 12.8. The van der Waals surface area contributed by atoms with Crippen molar-refractivity contribution in [1.29, 1.82) is 0 Å². The van der Waals surface area contributed by atoms with Crippen LogP contribution >= 0.6 is 0 Å². The Labute approximate surface area is 104 Å². The second kappa shape index (κ2) is 4.75. The molecule has 1 aliphatic carbocycles. The van der Waals surface area contributed by atoms with Crippen molar-refractivity contribution < 1.29 is 0 Å². The fourth-order valence-corrected chi connectivity index (χ4v) is 1.99. The minimum atomic E-state index is 0.231. The maximum Gasteiger partial charge on any atom is 0.0204 e. The quantitative estimate of drug-likeness (QED) is 0.645. The van der Waals surface area contributed by atoms with Crippen molar-refractivity contribution in [3.05, 3.63) is 71.8 Å². The van der Waals surface area contributed by atoms with Gasteiger partial charge in [-0.05, 0) is 16.5 Å². The molecule has 0 aliphatic heterocycles. The van der Waals surface area contributed by atoms with E-state index in [4.69, 9.17) is 0 Å². The van der Waals surface area contributed by atoms with Crippen molar-refractivity contribution in [1.82, 2.24) is 0 Å². The van der Waals surface area contributed by atoms with Crippen LogP contribution in [-0.4, -0.2) is 0 Å². The van der Waals surface area contributed by atoms with Gasteiger partial charge in [-0.25, -0.2) is 0 Å². The van der Waals surface area contributed by atoms with Crippen LogP contribution in [0.1, 0.15) is 37.8 Å². The van der Waals surface area contributed by atoms with Crippen LogP contribution in [0.2, 0.25) is 0 Å². The molecule has 1 aliphatic rings. The highest BCUT2D eigenvalue weighted by Gasteiger charge is 2.13. The molecule has 0 fully saturated rings. The monoisotopic (exact) mass is 224 g/mol. The summed E-state index contributed by atoms with van der Waals surface area (Å²) in [4.78, 5) is 0. The first-order chi connectivity index (χ1) is 8.07. The summed E-state index contributed by atoms with van der Waals surface area (Å²) in [6.45, 7) is 6.74. The zero-order valence-electron chi connectivity index (χ0n) is 10.9. The zero-order chi connectivity index (χ0) is 12.3. The Kier molecular flexibility index (Phi) is 3.33. The van der Waals surface area contributed by atoms with Gasteiger partial charge in [0.25, 0.3) is 0 Å². The SMILES string of the molecule is CC(C)(C)c1ccc(C2C=CC=CC=C2)cc1. The molecule has 0 saturated heterocycles. The average Bonchev–Trinajstić information content (AvgIpc) is 2.56. The van der Waals surface area contributed by atoms with Crippen LogP contribution in [0.25, 0.3) is 0 Å². The molecule has 1 aromatic rings. The molecule has 0 amide bonds. The minimum absolute atomic E-state index is 0.231. The van der Waals surface area contributed by atoms with Gasteiger partial charge in [-0.1, -0.05) is 81.5 Å². The van der Waals surface area contributed by atoms with Crippen LogP contribution in [0.5, 0.6) is 0 Å². The van der Waals surface area contributed by atoms with E-state index in [1.807, 2.05) is 0 Å². The smallest absolute Gasteiger partial charge is 0.0204 e. The largest absolute Gasteiger partial charge is 0.0732 e. The standard InChI is InChI=1S/C17H20/c1-17(2,3)16-12-10-15(11-13-16)14-8-6-4-5-7-9-14/h4-14H,1-3H3. The van der Waals surface area contributed by atoms with Crippen LogP contribution in [0.4, 0.5) is 0 Å². The third-order valence-corrected chi connectivity index (χ3v) is 3.13. The van der Waals surface area contributed by atoms with E-state index in [0.29, 0.717) is 5.92 Å². The predicted octanol–water partition coefficient (Wildman–Crippen LogP) is 4.75. The zero-order valence-corrected chi connectivity index (χ0v) is 10.9. The van der Waals surface area contributed by atoms with Crippen LogP contribution in [0.15, 0.2) is 60.7 Å².